The molecule has 5 aliphatic heterocycles. The molecular formula is C49H57N7O7S. The van der Waals surface area contributed by atoms with E-state index in [1.165, 1.54) is 11.3 Å². The molecule has 4 fully saturated rings. The number of nitrogens with zero attached hydrogens (tertiary/aromatic N) is 5. The highest BCUT2D eigenvalue weighted by Gasteiger charge is 2.51. The van der Waals surface area contributed by atoms with Crippen LogP contribution in [0, 0.1) is 29.1 Å². The molecule has 0 radical (unpaired) electrons. The number of ether oxygens (including phenoxy) is 4. The number of benzene rings is 1. The van der Waals surface area contributed by atoms with Gasteiger partial charge in [0.2, 0.25) is 5.91 Å². The molecule has 4 aromatic rings. The van der Waals surface area contributed by atoms with Gasteiger partial charge in [-0.3, -0.25) is 29.3 Å². The van der Waals surface area contributed by atoms with Crippen molar-refractivity contribution in [2.75, 3.05) is 53.2 Å². The summed E-state index contributed by atoms with van der Waals surface area (Å²) in [7, 11) is 1.70. The molecule has 5 atom stereocenters. The Morgan fingerprint density at radius 2 is 1.92 bits per heavy atom. The van der Waals surface area contributed by atoms with Crippen molar-refractivity contribution in [1.29, 1.82) is 0 Å². The first-order chi connectivity index (χ1) is 30.8. The van der Waals surface area contributed by atoms with E-state index < -0.39 is 17.5 Å². The van der Waals surface area contributed by atoms with Gasteiger partial charge in [-0.15, -0.1) is 11.3 Å². The maximum Gasteiger partial charge on any atom is 0.325 e. The van der Waals surface area contributed by atoms with Crippen molar-refractivity contribution in [2.45, 2.75) is 97.5 Å². The number of carbonyl (C=O) groups excluding carboxylic acids is 3. The third-order valence-electron chi connectivity index (χ3n) is 14.2. The van der Waals surface area contributed by atoms with Crippen LogP contribution >= 0.6 is 11.3 Å². The van der Waals surface area contributed by atoms with Gasteiger partial charge in [-0.1, -0.05) is 38.2 Å². The van der Waals surface area contributed by atoms with Gasteiger partial charge in [0.25, 0.3) is 5.91 Å². The molecule has 1 aromatic carbocycles. The Bertz CT molecular complexity index is 2640. The molecule has 14 nitrogen and oxygen atoms in total. The zero-order chi connectivity index (χ0) is 44.6. The van der Waals surface area contributed by atoms with Crippen molar-refractivity contribution in [3.63, 3.8) is 0 Å². The second-order valence-corrected chi connectivity index (χ2v) is 20.2. The van der Waals surface area contributed by atoms with Gasteiger partial charge in [-0.25, -0.2) is 10.4 Å². The second-order valence-electron chi connectivity index (χ2n) is 19.3. The zero-order valence-electron chi connectivity index (χ0n) is 37.7. The topological polar surface area (TPSA) is 149 Å². The van der Waals surface area contributed by atoms with E-state index in [1.807, 2.05) is 32.3 Å². The second kappa shape index (κ2) is 16.7. The molecular weight excluding hydrogens is 831 g/mol. The van der Waals surface area contributed by atoms with Gasteiger partial charge in [-0.2, -0.15) is 0 Å². The summed E-state index contributed by atoms with van der Waals surface area (Å²) in [5.41, 5.74) is 11.7. The first-order valence-electron chi connectivity index (χ1n) is 22.7. The summed E-state index contributed by atoms with van der Waals surface area (Å²) in [6.07, 6.45) is 3.63. The Morgan fingerprint density at radius 1 is 1.14 bits per heavy atom. The predicted molar refractivity (Wildman–Crippen MR) is 242 cm³/mol. The lowest BCUT2D eigenvalue weighted by Gasteiger charge is -2.53. The van der Waals surface area contributed by atoms with E-state index in [4.69, 9.17) is 28.9 Å². The number of hydrogen-bond donors (Lipinski definition) is 2. The highest BCUT2D eigenvalue weighted by atomic mass is 32.1. The fraction of sp³-hybridized carbons (Fsp3) is 0.531. The summed E-state index contributed by atoms with van der Waals surface area (Å²) < 4.78 is 26.8. The monoisotopic (exact) mass is 887 g/mol. The lowest BCUT2D eigenvalue weighted by atomic mass is 9.73. The molecule has 1 unspecified atom stereocenters. The van der Waals surface area contributed by atoms with E-state index in [1.54, 1.807) is 12.1 Å². The Hall–Kier alpha value is -5.11. The van der Waals surface area contributed by atoms with Crippen LogP contribution in [0.15, 0.2) is 40.9 Å². The molecule has 2 aliphatic carbocycles. The van der Waals surface area contributed by atoms with Gasteiger partial charge in [0.15, 0.2) is 0 Å². The third kappa shape index (κ3) is 7.81. The molecule has 8 heterocycles. The lowest BCUT2D eigenvalue weighted by molar-refractivity contribution is -0.170. The number of hydrogen-bond acceptors (Lipinski definition) is 12. The van der Waals surface area contributed by atoms with E-state index >= 15 is 0 Å². The van der Waals surface area contributed by atoms with Crippen LogP contribution in [0.4, 0.5) is 0 Å². The summed E-state index contributed by atoms with van der Waals surface area (Å²) in [5, 5.41) is 8.39. The van der Waals surface area contributed by atoms with Gasteiger partial charge < -0.3 is 28.8 Å². The van der Waals surface area contributed by atoms with Crippen LogP contribution < -0.4 is 15.5 Å². The molecule has 2 amide bonds. The summed E-state index contributed by atoms with van der Waals surface area (Å²) >= 11 is 1.46. The number of nitrogens with one attached hydrogen (secondary N) is 2. The van der Waals surface area contributed by atoms with E-state index in [0.717, 1.165) is 74.7 Å². The van der Waals surface area contributed by atoms with Crippen molar-refractivity contribution in [1.82, 2.24) is 35.2 Å². The van der Waals surface area contributed by atoms with E-state index in [-0.39, 0.29) is 60.8 Å². The number of fused-ring (bicyclic) bond motifs is 4. The van der Waals surface area contributed by atoms with Crippen molar-refractivity contribution >= 4 is 40.0 Å². The summed E-state index contributed by atoms with van der Waals surface area (Å²) in [5.74, 6) is 6.78. The molecule has 2 N–H and O–H groups in total. The number of pyridine rings is 1. The summed E-state index contributed by atoms with van der Waals surface area (Å²) in [6, 6.07) is 4.71. The van der Waals surface area contributed by atoms with Gasteiger partial charge in [-0.05, 0) is 69.7 Å². The molecule has 11 rings (SSSR count). The van der Waals surface area contributed by atoms with Gasteiger partial charge >= 0.3 is 5.97 Å². The molecule has 15 heteroatoms. The molecule has 1 saturated carbocycles. The minimum absolute atomic E-state index is 0.0331. The van der Waals surface area contributed by atoms with Crippen molar-refractivity contribution in [2.24, 2.45) is 17.3 Å². The number of morpholine rings is 1. The van der Waals surface area contributed by atoms with Crippen LogP contribution in [0.2, 0.25) is 0 Å². The van der Waals surface area contributed by atoms with Gasteiger partial charge in [0.1, 0.15) is 24.4 Å². The Balaban J connectivity index is 1.11. The van der Waals surface area contributed by atoms with Crippen molar-refractivity contribution < 1.29 is 33.3 Å². The number of carbonyl (C=O) groups is 3. The molecule has 8 bridgehead atoms. The van der Waals surface area contributed by atoms with Gasteiger partial charge in [0, 0.05) is 83.2 Å². The highest BCUT2D eigenvalue weighted by molar-refractivity contribution is 7.10. The van der Waals surface area contributed by atoms with Gasteiger partial charge in [0.05, 0.1) is 66.1 Å². The number of aromatic nitrogens is 3. The van der Waals surface area contributed by atoms with E-state index in [9.17, 15) is 14.4 Å². The van der Waals surface area contributed by atoms with Crippen LogP contribution in [0.5, 0.6) is 5.75 Å². The number of hydrazine groups is 1. The summed E-state index contributed by atoms with van der Waals surface area (Å²) in [4.78, 5) is 54.7. The molecule has 3 saturated heterocycles. The molecule has 7 aliphatic rings. The minimum Gasteiger partial charge on any atom is -0.489 e. The largest absolute Gasteiger partial charge is 0.489 e. The normalized spacial score (nSPS) is 26.8. The van der Waals surface area contributed by atoms with Crippen molar-refractivity contribution in [3.8, 4) is 40.1 Å². The van der Waals surface area contributed by atoms with Crippen LogP contribution in [-0.4, -0.2) is 114 Å². The number of allylic oxidation sites excluding steroid dienone is 1. The Labute approximate surface area is 378 Å². The Morgan fingerprint density at radius 3 is 2.67 bits per heavy atom. The number of esters is 1. The SMILES string of the molecule is CO[C@@H](C)c1ncc(C#CCN2CCOCC2)cc1-c1c2c3cc(cc4c3n1C(C)CO4)-c1csc(n1)C[C@H](NC(=O)C1=C(C)[C@@H]1C)C(=O)N1N[C@H](C(=O)OCC(C)(C)C2)C2CC1C2. The lowest BCUT2D eigenvalue weighted by Crippen LogP contribution is -2.71. The van der Waals surface area contributed by atoms with Crippen LogP contribution in [0.3, 0.4) is 0 Å². The average molecular weight is 888 g/mol. The maximum absolute atomic E-state index is 14.5. The van der Waals surface area contributed by atoms with Crippen LogP contribution in [-0.2, 0) is 41.4 Å². The fourth-order valence-corrected chi connectivity index (χ4v) is 11.0. The third-order valence-corrected chi connectivity index (χ3v) is 15.0. The molecule has 336 valence electrons. The highest BCUT2D eigenvalue weighted by Crippen LogP contribution is 2.49. The smallest absolute Gasteiger partial charge is 0.325 e. The maximum atomic E-state index is 14.5. The average Bonchev–Trinajstić information content (AvgIpc) is 3.54. The molecule has 0 spiro atoms. The number of rotatable bonds is 6. The first-order valence-corrected chi connectivity index (χ1v) is 23.5. The number of amides is 2. The number of methoxy groups -OCH3 is 1. The quantitative estimate of drug-likeness (QED) is 0.179. The number of thiazole rings is 1. The summed E-state index contributed by atoms with van der Waals surface area (Å²) in [6.45, 7) is 16.8. The number of cyclic esters (lactones) is 1. The zero-order valence-corrected chi connectivity index (χ0v) is 38.5. The van der Waals surface area contributed by atoms with Crippen molar-refractivity contribution in [3.05, 3.63) is 62.8 Å². The first kappa shape index (κ1) is 42.8. The standard InChI is InChI=1S/C49H57N7O7S/c1-26-23-62-39-19-31-18-34-36(44(55(26)45(34)39)35-15-30(22-50-42(35)29(4)60-7)9-8-10-54-11-13-61-14-12-54)21-49(5,6)25-63-48(59)43-32-16-33(17-32)56(53-43)47(58)37(20-40-51-38(31)24-64-40)52-46(57)41-27(2)28(41)3/h15,18-19,22,24,26-27,29,32-33,37,43,53H,10-14,16-17,20-21,23,25H2,1-7H3,(H,52,57)/t26?,27-,29-,32?,33?,37-,43-/m0/s1. The molecule has 64 heavy (non-hydrogen) atoms. The predicted octanol–water partition coefficient (Wildman–Crippen LogP) is 5.78. The van der Waals surface area contributed by atoms with Crippen LogP contribution in [0.1, 0.15) is 88.4 Å². The van der Waals surface area contributed by atoms with E-state index in [0.29, 0.717) is 56.2 Å². The van der Waals surface area contributed by atoms with Crippen LogP contribution in [0.25, 0.3) is 33.4 Å². The fourth-order valence-electron chi connectivity index (χ4n) is 10.1. The minimum atomic E-state index is -0.896. The molecule has 3 aromatic heterocycles. The van der Waals surface area contributed by atoms with E-state index in [2.05, 4.69) is 71.0 Å². The Kier molecular flexibility index (Phi) is 11.2.